The quantitative estimate of drug-likeness (QED) is 0.940. The molecule has 1 heterocycles. The zero-order chi connectivity index (χ0) is 13.2. The van der Waals surface area contributed by atoms with Gasteiger partial charge in [0.25, 0.3) is 0 Å². The van der Waals surface area contributed by atoms with Crippen LogP contribution in [0.15, 0.2) is 39.9 Å². The van der Waals surface area contributed by atoms with Gasteiger partial charge in [0, 0.05) is 18.2 Å². The zero-order valence-corrected chi connectivity index (χ0v) is 10.7. The van der Waals surface area contributed by atoms with Crippen LogP contribution in [-0.2, 0) is 16.6 Å². The number of nitrogens with one attached hydrogen (secondary N) is 1. The standard InChI is InChI=1S/C11H9F2NO2S2/c12-9-4-3-8(10(13)6-9)7-14-18(15,16)11-2-1-5-17-11/h1-6,14H,7H2. The van der Waals surface area contributed by atoms with E-state index in [0.29, 0.717) is 0 Å². The maximum absolute atomic E-state index is 13.3. The number of halogens is 2. The predicted octanol–water partition coefficient (Wildman–Crippen LogP) is 2.50. The van der Waals surface area contributed by atoms with Crippen LogP contribution >= 0.6 is 11.3 Å². The molecule has 2 aromatic rings. The fourth-order valence-corrected chi connectivity index (χ4v) is 3.37. The molecule has 0 radical (unpaired) electrons. The van der Waals surface area contributed by atoms with Crippen LogP contribution in [-0.4, -0.2) is 8.42 Å². The van der Waals surface area contributed by atoms with E-state index in [1.54, 1.807) is 11.4 Å². The number of hydrogen-bond acceptors (Lipinski definition) is 3. The van der Waals surface area contributed by atoms with Gasteiger partial charge in [0.05, 0.1) is 0 Å². The van der Waals surface area contributed by atoms with Crippen molar-refractivity contribution in [3.05, 3.63) is 52.9 Å². The largest absolute Gasteiger partial charge is 0.250 e. The van der Waals surface area contributed by atoms with Crippen LogP contribution < -0.4 is 4.72 Å². The van der Waals surface area contributed by atoms with Gasteiger partial charge in [-0.25, -0.2) is 21.9 Å². The lowest BCUT2D eigenvalue weighted by atomic mass is 10.2. The molecule has 1 aromatic heterocycles. The number of rotatable bonds is 4. The van der Waals surface area contributed by atoms with Gasteiger partial charge in [-0.1, -0.05) is 12.1 Å². The summed E-state index contributed by atoms with van der Waals surface area (Å²) in [5.74, 6) is -1.47. The molecule has 0 saturated heterocycles. The van der Waals surface area contributed by atoms with E-state index in [0.717, 1.165) is 23.5 Å². The Kier molecular flexibility index (Phi) is 3.74. The van der Waals surface area contributed by atoms with Gasteiger partial charge in [0.2, 0.25) is 10.0 Å². The number of sulfonamides is 1. The van der Waals surface area contributed by atoms with E-state index in [9.17, 15) is 17.2 Å². The molecule has 96 valence electrons. The van der Waals surface area contributed by atoms with Crippen LogP contribution in [0.1, 0.15) is 5.56 Å². The lowest BCUT2D eigenvalue weighted by Gasteiger charge is -2.05. The van der Waals surface area contributed by atoms with E-state index in [4.69, 9.17) is 0 Å². The fourth-order valence-electron chi connectivity index (χ4n) is 1.33. The van der Waals surface area contributed by atoms with Gasteiger partial charge in [0.15, 0.2) is 0 Å². The van der Waals surface area contributed by atoms with Crippen LogP contribution in [0.2, 0.25) is 0 Å². The van der Waals surface area contributed by atoms with E-state index in [1.165, 1.54) is 12.1 Å². The third-order valence-electron chi connectivity index (χ3n) is 2.23. The Morgan fingerprint density at radius 2 is 2.00 bits per heavy atom. The Morgan fingerprint density at radius 3 is 2.61 bits per heavy atom. The van der Waals surface area contributed by atoms with Crippen molar-refractivity contribution in [1.82, 2.24) is 4.72 Å². The summed E-state index contributed by atoms with van der Waals surface area (Å²) in [6, 6.07) is 6.07. The molecule has 0 aliphatic heterocycles. The zero-order valence-electron chi connectivity index (χ0n) is 9.06. The van der Waals surface area contributed by atoms with Crippen LogP contribution in [0, 0.1) is 11.6 Å². The Bertz CT molecular complexity index is 639. The highest BCUT2D eigenvalue weighted by molar-refractivity contribution is 7.91. The summed E-state index contributed by atoms with van der Waals surface area (Å²) in [5, 5.41) is 1.63. The maximum atomic E-state index is 13.3. The van der Waals surface area contributed by atoms with E-state index in [1.807, 2.05) is 0 Å². The van der Waals surface area contributed by atoms with Crippen molar-refractivity contribution in [1.29, 1.82) is 0 Å². The van der Waals surface area contributed by atoms with Gasteiger partial charge in [-0.3, -0.25) is 0 Å². The van der Waals surface area contributed by atoms with Crippen molar-refractivity contribution in [3.8, 4) is 0 Å². The smallest absolute Gasteiger partial charge is 0.207 e. The molecular weight excluding hydrogens is 280 g/mol. The first-order valence-electron chi connectivity index (χ1n) is 4.96. The van der Waals surface area contributed by atoms with Gasteiger partial charge in [-0.05, 0) is 17.5 Å². The molecule has 0 bridgehead atoms. The monoisotopic (exact) mass is 289 g/mol. The second-order valence-electron chi connectivity index (χ2n) is 3.49. The highest BCUT2D eigenvalue weighted by Crippen LogP contribution is 2.16. The minimum Gasteiger partial charge on any atom is -0.207 e. The molecule has 0 saturated carbocycles. The minimum atomic E-state index is -3.63. The summed E-state index contributed by atoms with van der Waals surface area (Å²) in [4.78, 5) is 0. The van der Waals surface area contributed by atoms with Gasteiger partial charge in [0.1, 0.15) is 15.8 Å². The number of thiophene rings is 1. The topological polar surface area (TPSA) is 46.2 Å². The average Bonchev–Trinajstić information content (AvgIpc) is 2.82. The van der Waals surface area contributed by atoms with Crippen molar-refractivity contribution >= 4 is 21.4 Å². The SMILES string of the molecule is O=S(=O)(NCc1ccc(F)cc1F)c1cccs1. The predicted molar refractivity (Wildman–Crippen MR) is 64.7 cm³/mol. The molecule has 0 atom stereocenters. The normalized spacial score (nSPS) is 11.7. The van der Waals surface area contributed by atoms with E-state index in [2.05, 4.69) is 4.72 Å². The van der Waals surface area contributed by atoms with Crippen LogP contribution in [0.25, 0.3) is 0 Å². The second kappa shape index (κ2) is 5.13. The Morgan fingerprint density at radius 1 is 1.22 bits per heavy atom. The molecule has 0 aliphatic rings. The van der Waals surface area contributed by atoms with Crippen molar-refractivity contribution < 1.29 is 17.2 Å². The Hall–Kier alpha value is -1.31. The minimum absolute atomic E-state index is 0.0940. The number of benzene rings is 1. The van der Waals surface area contributed by atoms with E-state index >= 15 is 0 Å². The molecule has 7 heteroatoms. The van der Waals surface area contributed by atoms with Gasteiger partial charge in [-0.15, -0.1) is 11.3 Å². The first-order chi connectivity index (χ1) is 8.49. The first kappa shape index (κ1) is 13.1. The molecule has 0 aliphatic carbocycles. The molecule has 0 unspecified atom stereocenters. The van der Waals surface area contributed by atoms with Crippen LogP contribution in [0.3, 0.4) is 0 Å². The summed E-state index contributed by atoms with van der Waals surface area (Å²) in [5.41, 5.74) is 0.0940. The average molecular weight is 289 g/mol. The first-order valence-corrected chi connectivity index (χ1v) is 7.32. The van der Waals surface area contributed by atoms with Crippen molar-refractivity contribution in [2.24, 2.45) is 0 Å². The highest BCUT2D eigenvalue weighted by atomic mass is 32.2. The summed E-state index contributed by atoms with van der Waals surface area (Å²) < 4.78 is 51.9. The molecule has 18 heavy (non-hydrogen) atoms. The Balaban J connectivity index is 2.13. The maximum Gasteiger partial charge on any atom is 0.250 e. The lowest BCUT2D eigenvalue weighted by Crippen LogP contribution is -2.22. The summed E-state index contributed by atoms with van der Waals surface area (Å²) in [6.45, 7) is -0.216. The second-order valence-corrected chi connectivity index (χ2v) is 6.43. The van der Waals surface area contributed by atoms with Crippen molar-refractivity contribution in [2.45, 2.75) is 10.8 Å². The van der Waals surface area contributed by atoms with Crippen molar-refractivity contribution in [3.63, 3.8) is 0 Å². The summed E-state index contributed by atoms with van der Waals surface area (Å²) in [6.07, 6.45) is 0. The third kappa shape index (κ3) is 2.92. The molecule has 0 fully saturated rings. The van der Waals surface area contributed by atoms with Crippen molar-refractivity contribution in [2.75, 3.05) is 0 Å². The summed E-state index contributed by atoms with van der Waals surface area (Å²) in [7, 11) is -3.63. The third-order valence-corrected chi connectivity index (χ3v) is 5.03. The van der Waals surface area contributed by atoms with E-state index in [-0.39, 0.29) is 16.3 Å². The van der Waals surface area contributed by atoms with Gasteiger partial charge in [-0.2, -0.15) is 0 Å². The molecule has 1 aromatic carbocycles. The lowest BCUT2D eigenvalue weighted by molar-refractivity contribution is 0.563. The molecule has 1 N–H and O–H groups in total. The van der Waals surface area contributed by atoms with Crippen LogP contribution in [0.4, 0.5) is 8.78 Å². The van der Waals surface area contributed by atoms with Gasteiger partial charge >= 0.3 is 0 Å². The number of hydrogen-bond donors (Lipinski definition) is 1. The molecule has 0 spiro atoms. The molecule has 0 amide bonds. The Labute approximate surface area is 107 Å². The highest BCUT2D eigenvalue weighted by Gasteiger charge is 2.15. The van der Waals surface area contributed by atoms with Gasteiger partial charge < -0.3 is 0 Å². The van der Waals surface area contributed by atoms with E-state index < -0.39 is 21.7 Å². The van der Waals surface area contributed by atoms with Crippen LogP contribution in [0.5, 0.6) is 0 Å². The summed E-state index contributed by atoms with van der Waals surface area (Å²) >= 11 is 1.07. The molecular formula is C11H9F2NO2S2. The molecule has 2 rings (SSSR count). The molecule has 3 nitrogen and oxygen atoms in total. The fraction of sp³-hybridized carbons (Fsp3) is 0.0909.